The van der Waals surface area contributed by atoms with Gasteiger partial charge in [0, 0.05) is 17.8 Å². The normalized spacial score (nSPS) is 16.0. The van der Waals surface area contributed by atoms with Crippen molar-refractivity contribution < 1.29 is 14.3 Å². The highest BCUT2D eigenvalue weighted by atomic mass is 16.5. The first-order valence-electron chi connectivity index (χ1n) is 8.33. The maximum atomic E-state index is 13.1. The van der Waals surface area contributed by atoms with E-state index >= 15 is 0 Å². The molecule has 0 bridgehead atoms. The summed E-state index contributed by atoms with van der Waals surface area (Å²) >= 11 is 0. The monoisotopic (exact) mass is 324 g/mol. The van der Waals surface area contributed by atoms with Gasteiger partial charge in [-0.15, -0.1) is 0 Å². The summed E-state index contributed by atoms with van der Waals surface area (Å²) in [7, 11) is 1.57. The lowest BCUT2D eigenvalue weighted by Crippen LogP contribution is -2.33. The van der Waals surface area contributed by atoms with Crippen LogP contribution in [0.4, 0.5) is 0 Å². The minimum absolute atomic E-state index is 0.0469. The zero-order chi connectivity index (χ0) is 16.5. The van der Waals surface area contributed by atoms with Gasteiger partial charge in [0.1, 0.15) is 17.9 Å². The lowest BCUT2D eigenvalue weighted by molar-refractivity contribution is 0.0729. The highest BCUT2D eigenvalue weighted by Gasteiger charge is 2.26. The van der Waals surface area contributed by atoms with E-state index in [0.717, 1.165) is 36.3 Å². The molecule has 24 heavy (non-hydrogen) atoms. The van der Waals surface area contributed by atoms with Crippen LogP contribution in [0.25, 0.3) is 0 Å². The molecule has 2 aliphatic rings. The van der Waals surface area contributed by atoms with Gasteiger partial charge in [0.2, 0.25) is 5.88 Å². The summed E-state index contributed by atoms with van der Waals surface area (Å²) in [6.07, 6.45) is 3.04. The second-order valence-electron chi connectivity index (χ2n) is 6.19. The average Bonchev–Trinajstić information content (AvgIpc) is 2.96. The fourth-order valence-corrected chi connectivity index (χ4v) is 3.43. The predicted molar refractivity (Wildman–Crippen MR) is 89.5 cm³/mol. The molecule has 0 N–H and O–H groups in total. The minimum atomic E-state index is -0.0469. The zero-order valence-electron chi connectivity index (χ0n) is 13.7. The number of ether oxygens (including phenoxy) is 2. The van der Waals surface area contributed by atoms with E-state index in [2.05, 4.69) is 4.98 Å². The van der Waals surface area contributed by atoms with Gasteiger partial charge in [-0.1, -0.05) is 18.2 Å². The number of para-hydroxylation sites is 1. The highest BCUT2D eigenvalue weighted by Crippen LogP contribution is 2.29. The van der Waals surface area contributed by atoms with Crippen LogP contribution in [0, 0.1) is 0 Å². The fraction of sp³-hybridized carbons (Fsp3) is 0.368. The highest BCUT2D eigenvalue weighted by molar-refractivity contribution is 5.96. The Kier molecular flexibility index (Phi) is 3.84. The molecule has 124 valence electrons. The molecule has 0 saturated carbocycles. The van der Waals surface area contributed by atoms with Crippen molar-refractivity contribution >= 4 is 5.91 Å². The lowest BCUT2D eigenvalue weighted by Gasteiger charge is -2.21. The zero-order valence-corrected chi connectivity index (χ0v) is 13.7. The molecule has 0 spiro atoms. The Morgan fingerprint density at radius 3 is 3.00 bits per heavy atom. The van der Waals surface area contributed by atoms with Gasteiger partial charge in [0.15, 0.2) is 0 Å². The molecule has 4 rings (SSSR count). The third kappa shape index (κ3) is 2.60. The number of fused-ring (bicyclic) bond motifs is 2. The van der Waals surface area contributed by atoms with E-state index in [1.54, 1.807) is 7.11 Å². The molecule has 5 nitrogen and oxygen atoms in total. The third-order valence-corrected chi connectivity index (χ3v) is 4.68. The third-order valence-electron chi connectivity index (χ3n) is 4.68. The molecule has 0 radical (unpaired) electrons. The first-order chi connectivity index (χ1) is 11.8. The predicted octanol–water partition coefficient (Wildman–Crippen LogP) is 2.61. The quantitative estimate of drug-likeness (QED) is 0.852. The molecule has 1 aromatic carbocycles. The van der Waals surface area contributed by atoms with E-state index in [1.165, 1.54) is 5.56 Å². The topological polar surface area (TPSA) is 51.7 Å². The molecule has 1 aliphatic carbocycles. The Morgan fingerprint density at radius 1 is 1.25 bits per heavy atom. The molecule has 0 saturated heterocycles. The van der Waals surface area contributed by atoms with Crippen molar-refractivity contribution in [3.63, 3.8) is 0 Å². The smallest absolute Gasteiger partial charge is 0.259 e. The van der Waals surface area contributed by atoms with Crippen LogP contribution < -0.4 is 9.47 Å². The largest absolute Gasteiger partial charge is 0.491 e. The number of hydrogen-bond acceptors (Lipinski definition) is 4. The second kappa shape index (κ2) is 6.15. The summed E-state index contributed by atoms with van der Waals surface area (Å²) in [5, 5.41) is 0. The summed E-state index contributed by atoms with van der Waals surface area (Å²) in [5.74, 6) is 1.24. The summed E-state index contributed by atoms with van der Waals surface area (Å²) in [6, 6.07) is 9.82. The maximum Gasteiger partial charge on any atom is 0.259 e. The molecule has 2 heterocycles. The van der Waals surface area contributed by atoms with E-state index in [-0.39, 0.29) is 5.91 Å². The molecular formula is C19H20N2O3. The van der Waals surface area contributed by atoms with E-state index in [9.17, 15) is 4.79 Å². The van der Waals surface area contributed by atoms with Crippen molar-refractivity contribution in [3.05, 3.63) is 52.7 Å². The van der Waals surface area contributed by atoms with Crippen LogP contribution in [0.1, 0.15) is 33.6 Å². The summed E-state index contributed by atoms with van der Waals surface area (Å²) in [4.78, 5) is 19.5. The van der Waals surface area contributed by atoms with Gasteiger partial charge in [-0.25, -0.2) is 4.98 Å². The summed E-state index contributed by atoms with van der Waals surface area (Å²) in [5.41, 5.74) is 3.81. The molecule has 2 aromatic rings. The van der Waals surface area contributed by atoms with Gasteiger partial charge in [-0.05, 0) is 37.0 Å². The van der Waals surface area contributed by atoms with Crippen LogP contribution in [0.2, 0.25) is 0 Å². The summed E-state index contributed by atoms with van der Waals surface area (Å²) in [6.45, 7) is 1.58. The molecule has 5 heteroatoms. The number of aromatic nitrogens is 1. The number of amides is 1. The van der Waals surface area contributed by atoms with Crippen molar-refractivity contribution in [2.45, 2.75) is 25.8 Å². The Labute approximate surface area is 141 Å². The summed E-state index contributed by atoms with van der Waals surface area (Å²) < 4.78 is 11.1. The number of methoxy groups -OCH3 is 1. The minimum Gasteiger partial charge on any atom is -0.491 e. The van der Waals surface area contributed by atoms with Crippen molar-refractivity contribution in [1.82, 2.24) is 9.88 Å². The standard InChI is InChI=1S/C19H20N2O3/c1-23-18-15(11-13-6-4-7-16(13)20-18)19(22)21-9-10-24-17-8-3-2-5-14(17)12-21/h2-3,5,8,11H,4,6-7,9-10,12H2,1H3. The number of hydrogen-bond donors (Lipinski definition) is 0. The van der Waals surface area contributed by atoms with E-state index in [1.807, 2.05) is 35.2 Å². The van der Waals surface area contributed by atoms with Crippen molar-refractivity contribution in [3.8, 4) is 11.6 Å². The van der Waals surface area contributed by atoms with Gasteiger partial charge in [0.05, 0.1) is 13.7 Å². The van der Waals surface area contributed by atoms with Gasteiger partial charge >= 0.3 is 0 Å². The number of carbonyl (C=O) groups excluding carboxylic acids is 1. The number of carbonyl (C=O) groups is 1. The molecule has 0 unspecified atom stereocenters. The Morgan fingerprint density at radius 2 is 2.12 bits per heavy atom. The van der Waals surface area contributed by atoms with E-state index in [4.69, 9.17) is 9.47 Å². The Hall–Kier alpha value is -2.56. The van der Waals surface area contributed by atoms with Crippen LogP contribution in [-0.4, -0.2) is 36.1 Å². The molecule has 1 amide bonds. The van der Waals surface area contributed by atoms with Gasteiger partial charge in [0.25, 0.3) is 5.91 Å². The van der Waals surface area contributed by atoms with Gasteiger partial charge < -0.3 is 14.4 Å². The van der Waals surface area contributed by atoms with Crippen LogP contribution in [0.3, 0.4) is 0 Å². The molecule has 0 atom stereocenters. The molecule has 1 aromatic heterocycles. The Bertz CT molecular complexity index is 788. The SMILES string of the molecule is COc1nc2c(cc1C(=O)N1CCOc3ccccc3C1)CCC2. The van der Waals surface area contributed by atoms with Gasteiger partial charge in [-0.2, -0.15) is 0 Å². The number of aryl methyl sites for hydroxylation is 2. The maximum absolute atomic E-state index is 13.1. The number of pyridine rings is 1. The van der Waals surface area contributed by atoms with E-state index in [0.29, 0.717) is 31.1 Å². The number of rotatable bonds is 2. The Balaban J connectivity index is 1.66. The lowest BCUT2D eigenvalue weighted by atomic mass is 10.1. The number of nitrogens with zero attached hydrogens (tertiary/aromatic N) is 2. The molecular weight excluding hydrogens is 304 g/mol. The van der Waals surface area contributed by atoms with Crippen LogP contribution >= 0.6 is 0 Å². The first kappa shape index (κ1) is 15.0. The second-order valence-corrected chi connectivity index (χ2v) is 6.19. The van der Waals surface area contributed by atoms with Crippen LogP contribution in [-0.2, 0) is 19.4 Å². The first-order valence-corrected chi connectivity index (χ1v) is 8.33. The average molecular weight is 324 g/mol. The molecule has 1 aliphatic heterocycles. The van der Waals surface area contributed by atoms with Crippen molar-refractivity contribution in [2.24, 2.45) is 0 Å². The fourth-order valence-electron chi connectivity index (χ4n) is 3.43. The van der Waals surface area contributed by atoms with Crippen LogP contribution in [0.5, 0.6) is 11.6 Å². The van der Waals surface area contributed by atoms with Crippen molar-refractivity contribution in [2.75, 3.05) is 20.3 Å². The van der Waals surface area contributed by atoms with E-state index < -0.39 is 0 Å². The van der Waals surface area contributed by atoms with Crippen LogP contribution in [0.15, 0.2) is 30.3 Å². The van der Waals surface area contributed by atoms with Crippen molar-refractivity contribution in [1.29, 1.82) is 0 Å². The molecule has 0 fully saturated rings. The van der Waals surface area contributed by atoms with Gasteiger partial charge in [-0.3, -0.25) is 4.79 Å². The number of benzene rings is 1.